The lowest BCUT2D eigenvalue weighted by Crippen LogP contribution is -2.32. The van der Waals surface area contributed by atoms with E-state index in [0.717, 1.165) is 18.4 Å². The number of rotatable bonds is 6. The maximum Gasteiger partial charge on any atom is 0.246 e. The molecule has 1 aliphatic carbocycles. The topological polar surface area (TPSA) is 75.2 Å². The normalized spacial score (nSPS) is 15.3. The van der Waals surface area contributed by atoms with E-state index in [9.17, 15) is 8.42 Å². The molecule has 0 atom stereocenters. The van der Waals surface area contributed by atoms with Crippen LogP contribution in [0.5, 0.6) is 0 Å². The first-order valence-electron chi connectivity index (χ1n) is 6.64. The first-order chi connectivity index (χ1) is 10.1. The summed E-state index contributed by atoms with van der Waals surface area (Å²) < 4.78 is 27.1. The second-order valence-corrected chi connectivity index (χ2v) is 7.58. The molecular formula is C13H16N4O2S2. The van der Waals surface area contributed by atoms with E-state index >= 15 is 0 Å². The summed E-state index contributed by atoms with van der Waals surface area (Å²) in [6.07, 6.45) is 4.55. The van der Waals surface area contributed by atoms with Crippen LogP contribution in [-0.4, -0.2) is 35.8 Å². The van der Waals surface area contributed by atoms with Crippen LogP contribution in [0.1, 0.15) is 18.4 Å². The third kappa shape index (κ3) is 3.07. The van der Waals surface area contributed by atoms with Crippen molar-refractivity contribution in [1.29, 1.82) is 0 Å². The summed E-state index contributed by atoms with van der Waals surface area (Å²) in [5.41, 5.74) is 1.02. The van der Waals surface area contributed by atoms with E-state index < -0.39 is 10.0 Å². The third-order valence-corrected chi connectivity index (χ3v) is 5.91. The van der Waals surface area contributed by atoms with Crippen molar-refractivity contribution in [3.8, 4) is 0 Å². The van der Waals surface area contributed by atoms with Gasteiger partial charge < -0.3 is 5.32 Å². The van der Waals surface area contributed by atoms with Crippen LogP contribution < -0.4 is 5.32 Å². The van der Waals surface area contributed by atoms with Crippen molar-refractivity contribution in [3.63, 3.8) is 0 Å². The molecule has 0 amide bonds. The minimum absolute atomic E-state index is 0.0962. The molecule has 21 heavy (non-hydrogen) atoms. The highest BCUT2D eigenvalue weighted by Gasteiger charge is 2.38. The van der Waals surface area contributed by atoms with Gasteiger partial charge in [-0.1, -0.05) is 0 Å². The van der Waals surface area contributed by atoms with Gasteiger partial charge in [0.25, 0.3) is 0 Å². The highest BCUT2D eigenvalue weighted by Crippen LogP contribution is 2.33. The first kappa shape index (κ1) is 14.4. The summed E-state index contributed by atoms with van der Waals surface area (Å²) in [4.78, 5) is 8.14. The Balaban J connectivity index is 1.89. The van der Waals surface area contributed by atoms with Crippen molar-refractivity contribution in [2.45, 2.75) is 30.3 Å². The number of thiophene rings is 1. The minimum Gasteiger partial charge on any atom is -0.357 e. The third-order valence-electron chi connectivity index (χ3n) is 3.33. The average molecular weight is 324 g/mol. The second kappa shape index (κ2) is 5.70. The number of sulfonamides is 1. The van der Waals surface area contributed by atoms with Crippen LogP contribution in [0.3, 0.4) is 0 Å². The van der Waals surface area contributed by atoms with Gasteiger partial charge in [-0.15, -0.1) is 0 Å². The zero-order valence-corrected chi connectivity index (χ0v) is 13.2. The monoisotopic (exact) mass is 324 g/mol. The number of hydrogen-bond acceptors (Lipinski definition) is 6. The molecule has 0 radical (unpaired) electrons. The van der Waals surface area contributed by atoms with Crippen LogP contribution in [0.25, 0.3) is 0 Å². The molecule has 1 N–H and O–H groups in total. The van der Waals surface area contributed by atoms with Crippen molar-refractivity contribution in [2.24, 2.45) is 0 Å². The Hall–Kier alpha value is -1.51. The maximum atomic E-state index is 12.8. The molecule has 6 nitrogen and oxygen atoms in total. The van der Waals surface area contributed by atoms with Gasteiger partial charge in [-0.3, -0.25) is 0 Å². The number of anilines is 1. The van der Waals surface area contributed by atoms with Gasteiger partial charge in [-0.05, 0) is 35.2 Å². The molecule has 0 spiro atoms. The van der Waals surface area contributed by atoms with Gasteiger partial charge in [-0.25, -0.2) is 18.4 Å². The van der Waals surface area contributed by atoms with E-state index in [0.29, 0.717) is 12.5 Å². The molecule has 0 bridgehead atoms. The van der Waals surface area contributed by atoms with Gasteiger partial charge >= 0.3 is 0 Å². The fourth-order valence-corrected chi connectivity index (χ4v) is 4.27. The Bertz CT molecular complexity index is 694. The van der Waals surface area contributed by atoms with Gasteiger partial charge in [0.2, 0.25) is 16.0 Å². The zero-order valence-electron chi connectivity index (χ0n) is 11.6. The molecular weight excluding hydrogens is 308 g/mol. The quantitative estimate of drug-likeness (QED) is 0.879. The molecule has 1 fully saturated rings. The van der Waals surface area contributed by atoms with Crippen LogP contribution in [-0.2, 0) is 16.6 Å². The van der Waals surface area contributed by atoms with Gasteiger partial charge in [0.1, 0.15) is 4.90 Å². The predicted octanol–water partition coefficient (Wildman–Crippen LogP) is 1.93. The Morgan fingerprint density at radius 2 is 2.10 bits per heavy atom. The van der Waals surface area contributed by atoms with Crippen LogP contribution in [0.15, 0.2) is 34.1 Å². The van der Waals surface area contributed by atoms with Gasteiger partial charge in [0, 0.05) is 19.6 Å². The standard InChI is InChI=1S/C13H16N4O2S2/c1-14-13-15-6-12(7-16-13)21(18,19)17(11-2-3-11)8-10-4-5-20-9-10/h4-7,9,11H,2-3,8H2,1H3,(H,14,15,16). The summed E-state index contributed by atoms with van der Waals surface area (Å²) >= 11 is 1.57. The van der Waals surface area contributed by atoms with E-state index in [1.165, 1.54) is 12.4 Å². The minimum atomic E-state index is -3.55. The molecule has 1 saturated carbocycles. The van der Waals surface area contributed by atoms with E-state index in [2.05, 4.69) is 15.3 Å². The number of aromatic nitrogens is 2. The fraction of sp³-hybridized carbons (Fsp3) is 0.385. The highest BCUT2D eigenvalue weighted by molar-refractivity contribution is 7.89. The van der Waals surface area contributed by atoms with Crippen LogP contribution in [0.4, 0.5) is 5.95 Å². The molecule has 2 aromatic rings. The molecule has 0 saturated heterocycles. The zero-order chi connectivity index (χ0) is 14.9. The average Bonchev–Trinajstić information content (AvgIpc) is 3.20. The molecule has 2 heterocycles. The molecule has 8 heteroatoms. The summed E-state index contributed by atoms with van der Waals surface area (Å²) in [6, 6.07) is 2.05. The SMILES string of the molecule is CNc1ncc(S(=O)(=O)N(Cc2ccsc2)C2CC2)cn1. The van der Waals surface area contributed by atoms with Crippen molar-refractivity contribution in [3.05, 3.63) is 34.8 Å². The lowest BCUT2D eigenvalue weighted by molar-refractivity contribution is 0.398. The molecule has 0 aliphatic heterocycles. The van der Waals surface area contributed by atoms with E-state index in [1.54, 1.807) is 22.7 Å². The van der Waals surface area contributed by atoms with E-state index in [4.69, 9.17) is 0 Å². The van der Waals surface area contributed by atoms with Crippen molar-refractivity contribution < 1.29 is 8.42 Å². The van der Waals surface area contributed by atoms with Crippen LogP contribution in [0.2, 0.25) is 0 Å². The fourth-order valence-electron chi connectivity index (χ4n) is 2.05. The summed E-state index contributed by atoms with van der Waals surface area (Å²) in [7, 11) is -1.86. The first-order valence-corrected chi connectivity index (χ1v) is 9.02. The lowest BCUT2D eigenvalue weighted by Gasteiger charge is -2.21. The summed E-state index contributed by atoms with van der Waals surface area (Å²) in [5, 5.41) is 6.71. The van der Waals surface area contributed by atoms with Gasteiger partial charge in [0.05, 0.1) is 12.4 Å². The van der Waals surface area contributed by atoms with Gasteiger partial charge in [-0.2, -0.15) is 15.6 Å². The molecule has 112 valence electrons. The lowest BCUT2D eigenvalue weighted by atomic mass is 10.3. The number of hydrogen-bond donors (Lipinski definition) is 1. The Morgan fingerprint density at radius 3 is 2.62 bits per heavy atom. The van der Waals surface area contributed by atoms with E-state index in [1.807, 2.05) is 16.8 Å². The Kier molecular flexibility index (Phi) is 3.92. The van der Waals surface area contributed by atoms with E-state index in [-0.39, 0.29) is 10.9 Å². The van der Waals surface area contributed by atoms with Crippen molar-refractivity contribution in [1.82, 2.24) is 14.3 Å². The molecule has 2 aromatic heterocycles. The Labute approximate surface area is 127 Å². The number of nitrogens with zero attached hydrogens (tertiary/aromatic N) is 3. The van der Waals surface area contributed by atoms with Crippen LogP contribution in [0, 0.1) is 0 Å². The molecule has 0 aromatic carbocycles. The molecule has 1 aliphatic rings. The Morgan fingerprint density at radius 1 is 1.38 bits per heavy atom. The second-order valence-electron chi connectivity index (χ2n) is 4.91. The number of nitrogens with one attached hydrogen (secondary N) is 1. The predicted molar refractivity (Wildman–Crippen MR) is 81.6 cm³/mol. The molecule has 3 rings (SSSR count). The summed E-state index contributed by atoms with van der Waals surface area (Å²) in [5.74, 6) is 0.407. The summed E-state index contributed by atoms with van der Waals surface area (Å²) in [6.45, 7) is 0.407. The van der Waals surface area contributed by atoms with Crippen molar-refractivity contribution >= 4 is 27.3 Å². The van der Waals surface area contributed by atoms with Crippen molar-refractivity contribution in [2.75, 3.05) is 12.4 Å². The maximum absolute atomic E-state index is 12.8. The smallest absolute Gasteiger partial charge is 0.246 e. The largest absolute Gasteiger partial charge is 0.357 e. The van der Waals surface area contributed by atoms with Crippen LogP contribution >= 0.6 is 11.3 Å². The van der Waals surface area contributed by atoms with Gasteiger partial charge in [0.15, 0.2) is 0 Å². The molecule has 0 unspecified atom stereocenters. The highest BCUT2D eigenvalue weighted by atomic mass is 32.2.